The molecule has 0 fully saturated rings. The molecule has 0 bridgehead atoms. The second-order valence-corrected chi connectivity index (χ2v) is 13.9. The SMILES string of the molecule is Cn1c2c(/C=C/C=C/C=C3\c4ccccc4-c4c(-c5ccccc5)c5ccccc5[n+](C)c43)c3ccccc3c-2c(-c2ccccc2)c2ccccc21. The summed E-state index contributed by atoms with van der Waals surface area (Å²) in [6.45, 7) is 0. The molecule has 0 spiro atoms. The number of rotatable bonds is 5. The summed E-state index contributed by atoms with van der Waals surface area (Å²) in [6.07, 6.45) is 11.2. The largest absolute Gasteiger partial charge is 0.343 e. The van der Waals surface area contributed by atoms with Gasteiger partial charge in [-0.2, -0.15) is 4.57 Å². The monoisotopic (exact) mass is 677 g/mol. The van der Waals surface area contributed by atoms with E-state index in [1.54, 1.807) is 0 Å². The van der Waals surface area contributed by atoms with Gasteiger partial charge in [0.25, 0.3) is 0 Å². The highest BCUT2D eigenvalue weighted by molar-refractivity contribution is 6.18. The molecule has 2 heteroatoms. The van der Waals surface area contributed by atoms with Gasteiger partial charge in [0.05, 0.1) is 22.2 Å². The van der Waals surface area contributed by atoms with E-state index in [2.05, 4.69) is 211 Å². The van der Waals surface area contributed by atoms with E-state index in [1.807, 2.05) is 0 Å². The molecule has 0 saturated heterocycles. The van der Waals surface area contributed by atoms with Crippen molar-refractivity contribution in [2.45, 2.75) is 0 Å². The maximum Gasteiger partial charge on any atom is 0.221 e. The lowest BCUT2D eigenvalue weighted by atomic mass is 9.92. The summed E-state index contributed by atoms with van der Waals surface area (Å²) in [5.41, 5.74) is 17.6. The maximum absolute atomic E-state index is 2.38. The number of pyridine rings is 2. The van der Waals surface area contributed by atoms with Crippen LogP contribution in [0.1, 0.15) is 16.8 Å². The molecule has 0 radical (unpaired) electrons. The lowest BCUT2D eigenvalue weighted by Gasteiger charge is -2.20. The molecule has 0 unspecified atom stereocenters. The summed E-state index contributed by atoms with van der Waals surface area (Å²) < 4.78 is 4.76. The van der Waals surface area contributed by atoms with Crippen molar-refractivity contribution in [1.82, 2.24) is 4.57 Å². The minimum atomic E-state index is 1.22. The molecule has 0 N–H and O–H groups in total. The van der Waals surface area contributed by atoms with Gasteiger partial charge in [-0.25, -0.2) is 0 Å². The normalized spacial score (nSPS) is 13.4. The van der Waals surface area contributed by atoms with Crippen molar-refractivity contribution in [3.63, 3.8) is 0 Å². The fraction of sp³-hybridized carbons (Fsp3) is 0.0392. The molecule has 3 aliphatic rings. The summed E-state index contributed by atoms with van der Waals surface area (Å²) in [4.78, 5) is 0. The van der Waals surface area contributed by atoms with Gasteiger partial charge < -0.3 is 4.57 Å². The van der Waals surface area contributed by atoms with Crippen LogP contribution in [0.25, 0.3) is 88.9 Å². The van der Waals surface area contributed by atoms with Gasteiger partial charge in [0.1, 0.15) is 7.05 Å². The summed E-state index contributed by atoms with van der Waals surface area (Å²) >= 11 is 0. The molecule has 6 aromatic carbocycles. The molecule has 2 aliphatic carbocycles. The number of benzene rings is 6. The van der Waals surface area contributed by atoms with Crippen LogP contribution in [-0.4, -0.2) is 4.57 Å². The van der Waals surface area contributed by atoms with E-state index < -0.39 is 0 Å². The highest BCUT2D eigenvalue weighted by Crippen LogP contribution is 2.50. The van der Waals surface area contributed by atoms with Crippen LogP contribution < -0.4 is 4.57 Å². The van der Waals surface area contributed by atoms with Crippen molar-refractivity contribution in [2.24, 2.45) is 14.1 Å². The lowest BCUT2D eigenvalue weighted by Crippen LogP contribution is -2.34. The Labute approximate surface area is 309 Å². The quantitative estimate of drug-likeness (QED) is 0.127. The standard InChI is InChI=1S/C51H37N2/c1-52-44-32-18-16-30-42(44)46(34-20-6-3-7-21-34)48-38-26-14-12-24-36(38)40(50(48)52)28-10-5-11-29-41-37-25-13-15-27-39(37)49-47(35-22-8-4-9-23-35)43-31-17-19-33-45(43)53(2)51(41)49/h3-33H,1-2H3/q+1. The first-order valence-electron chi connectivity index (χ1n) is 18.3. The minimum absolute atomic E-state index is 1.22. The molecule has 1 aromatic heterocycles. The van der Waals surface area contributed by atoms with Gasteiger partial charge in [-0.05, 0) is 51.2 Å². The van der Waals surface area contributed by atoms with Crippen molar-refractivity contribution in [3.05, 3.63) is 199 Å². The molecule has 2 heterocycles. The molecule has 2 nitrogen and oxygen atoms in total. The number of nitrogens with zero attached hydrogens (tertiary/aromatic N) is 2. The van der Waals surface area contributed by atoms with Crippen LogP contribution in [0.4, 0.5) is 0 Å². The third-order valence-corrected chi connectivity index (χ3v) is 11.1. The highest BCUT2D eigenvalue weighted by atomic mass is 15.0. The van der Waals surface area contributed by atoms with Crippen LogP contribution >= 0.6 is 0 Å². The van der Waals surface area contributed by atoms with Crippen LogP contribution in [-0.2, 0) is 14.1 Å². The van der Waals surface area contributed by atoms with Crippen LogP contribution in [0.3, 0.4) is 0 Å². The van der Waals surface area contributed by atoms with Crippen molar-refractivity contribution in [3.8, 4) is 44.6 Å². The van der Waals surface area contributed by atoms with Crippen molar-refractivity contribution < 1.29 is 4.57 Å². The van der Waals surface area contributed by atoms with Crippen LogP contribution in [0.15, 0.2) is 182 Å². The fourth-order valence-corrected chi connectivity index (χ4v) is 8.83. The Hall–Kier alpha value is -6.77. The van der Waals surface area contributed by atoms with Gasteiger partial charge in [0.15, 0.2) is 0 Å². The van der Waals surface area contributed by atoms with Gasteiger partial charge in [-0.15, -0.1) is 0 Å². The lowest BCUT2D eigenvalue weighted by molar-refractivity contribution is -0.646. The molecular formula is C51H37N2+. The Morgan fingerprint density at radius 2 is 1.04 bits per heavy atom. The molecule has 0 amide bonds. The first-order chi connectivity index (χ1) is 26.2. The zero-order chi connectivity index (χ0) is 35.5. The Kier molecular flexibility index (Phi) is 7.30. The van der Waals surface area contributed by atoms with E-state index in [0.29, 0.717) is 0 Å². The molecular weight excluding hydrogens is 641 g/mol. The number of fused-ring (bicyclic) bond motifs is 8. The maximum atomic E-state index is 2.38. The van der Waals surface area contributed by atoms with E-state index in [9.17, 15) is 0 Å². The average molecular weight is 678 g/mol. The van der Waals surface area contributed by atoms with Crippen LogP contribution in [0.5, 0.6) is 0 Å². The van der Waals surface area contributed by atoms with Gasteiger partial charge in [-0.1, -0.05) is 164 Å². The molecule has 0 saturated carbocycles. The Balaban J connectivity index is 1.13. The number of aromatic nitrogens is 2. The number of hydrogen-bond acceptors (Lipinski definition) is 0. The second-order valence-electron chi connectivity index (χ2n) is 13.9. The van der Waals surface area contributed by atoms with Gasteiger partial charge in [0.2, 0.25) is 11.2 Å². The first kappa shape index (κ1) is 31.0. The molecule has 250 valence electrons. The molecule has 7 aromatic rings. The zero-order valence-electron chi connectivity index (χ0n) is 29.8. The topological polar surface area (TPSA) is 8.81 Å². The van der Waals surface area contributed by atoms with Crippen molar-refractivity contribution >= 4 is 44.2 Å². The van der Waals surface area contributed by atoms with Crippen LogP contribution in [0, 0.1) is 0 Å². The van der Waals surface area contributed by atoms with E-state index in [0.717, 1.165) is 0 Å². The smallest absolute Gasteiger partial charge is 0.221 e. The predicted molar refractivity (Wildman–Crippen MR) is 224 cm³/mol. The zero-order valence-corrected chi connectivity index (χ0v) is 29.8. The molecule has 10 rings (SSSR count). The Morgan fingerprint density at radius 3 is 1.77 bits per heavy atom. The van der Waals surface area contributed by atoms with Crippen molar-refractivity contribution in [2.75, 3.05) is 0 Å². The van der Waals surface area contributed by atoms with Gasteiger partial charge in [-0.3, -0.25) is 0 Å². The van der Waals surface area contributed by atoms with E-state index in [1.165, 1.54) is 99.6 Å². The Morgan fingerprint density at radius 1 is 0.472 bits per heavy atom. The number of aryl methyl sites for hydroxylation is 2. The summed E-state index contributed by atoms with van der Waals surface area (Å²) in [7, 11) is 4.41. The molecule has 1 aliphatic heterocycles. The van der Waals surface area contributed by atoms with Gasteiger partial charge in [0, 0.05) is 46.3 Å². The number of allylic oxidation sites excluding steroid dienone is 4. The van der Waals surface area contributed by atoms with E-state index in [-0.39, 0.29) is 0 Å². The third-order valence-electron chi connectivity index (χ3n) is 11.1. The highest BCUT2D eigenvalue weighted by Gasteiger charge is 2.35. The predicted octanol–water partition coefficient (Wildman–Crippen LogP) is 12.4. The number of hydrogen-bond donors (Lipinski definition) is 0. The third kappa shape index (κ3) is 4.76. The van der Waals surface area contributed by atoms with Gasteiger partial charge >= 0.3 is 0 Å². The van der Waals surface area contributed by atoms with E-state index in [4.69, 9.17) is 0 Å². The average Bonchev–Trinajstić information content (AvgIpc) is 3.72. The van der Waals surface area contributed by atoms with E-state index >= 15 is 0 Å². The first-order valence-corrected chi connectivity index (χ1v) is 18.3. The Bertz CT molecular complexity index is 2940. The van der Waals surface area contributed by atoms with Crippen LogP contribution in [0.2, 0.25) is 0 Å². The molecule has 53 heavy (non-hydrogen) atoms. The summed E-state index contributed by atoms with van der Waals surface area (Å²) in [6, 6.07) is 57.0. The van der Waals surface area contributed by atoms with Crippen molar-refractivity contribution in [1.29, 1.82) is 0 Å². The number of para-hydroxylation sites is 2. The summed E-state index contributed by atoms with van der Waals surface area (Å²) in [5, 5.41) is 5.07. The fourth-order valence-electron chi connectivity index (χ4n) is 8.83. The second kappa shape index (κ2) is 12.5. The summed E-state index contributed by atoms with van der Waals surface area (Å²) in [5.74, 6) is 0. The minimum Gasteiger partial charge on any atom is -0.343 e. The molecule has 0 atom stereocenters.